The van der Waals surface area contributed by atoms with Gasteiger partial charge in [0.1, 0.15) is 0 Å². The highest BCUT2D eigenvalue weighted by Gasteiger charge is 2.14. The predicted octanol–water partition coefficient (Wildman–Crippen LogP) is -2.53. The number of aliphatic carboxylic acids is 2. The third-order valence-corrected chi connectivity index (χ3v) is 2.98. The smallest absolute Gasteiger partial charge is 0.317 e. The van der Waals surface area contributed by atoms with Crippen molar-refractivity contribution >= 4 is 33.9 Å². The largest absolute Gasteiger partial charge is 0.480 e. The first-order chi connectivity index (χ1) is 10.8. The van der Waals surface area contributed by atoms with Crippen molar-refractivity contribution in [2.75, 3.05) is 25.4 Å². The molecule has 0 aliphatic carbocycles. The second kappa shape index (κ2) is 12.2. The number of primary amides is 2. The number of hydrogen-bond donors (Lipinski definition) is 5. The van der Waals surface area contributed by atoms with E-state index in [0.29, 0.717) is 6.42 Å². The average Bonchev–Trinajstić information content (AvgIpc) is 2.31. The molecule has 0 fully saturated rings. The Balaban J connectivity index is 0. The molecule has 24 heavy (non-hydrogen) atoms. The maximum absolute atomic E-state index is 10.4. The summed E-state index contributed by atoms with van der Waals surface area (Å²) in [7, 11) is -3.87. The number of nitrogens with zero attached hydrogens (tertiary/aromatic N) is 1. The summed E-state index contributed by atoms with van der Waals surface area (Å²) in [6.45, 7) is -1.41. The van der Waals surface area contributed by atoms with Crippen LogP contribution in [-0.4, -0.2) is 77.2 Å². The Bertz CT molecular complexity index is 509. The molecule has 0 rings (SSSR count). The van der Waals surface area contributed by atoms with E-state index in [2.05, 4.69) is 0 Å². The van der Waals surface area contributed by atoms with Crippen LogP contribution in [0.5, 0.6) is 0 Å². The number of hydrogen-bond acceptors (Lipinski definition) is 7. The number of carbonyl (C=O) groups is 4. The number of unbranched alkanes of at least 4 members (excludes halogenated alkanes) is 1. The monoisotopic (exact) mass is 371 g/mol. The summed E-state index contributed by atoms with van der Waals surface area (Å²) in [4.78, 5) is 41.8. The fourth-order valence-corrected chi connectivity index (χ4v) is 1.92. The zero-order valence-electron chi connectivity index (χ0n) is 12.8. The van der Waals surface area contributed by atoms with Crippen LogP contribution in [0.4, 0.5) is 0 Å². The molecule has 140 valence electrons. The summed E-state index contributed by atoms with van der Waals surface area (Å²) in [5.41, 5.74) is 9.57. The number of rotatable bonds is 11. The van der Waals surface area contributed by atoms with Gasteiger partial charge in [-0.05, 0) is 12.8 Å². The van der Waals surface area contributed by atoms with Crippen LogP contribution in [0.1, 0.15) is 19.3 Å². The van der Waals surface area contributed by atoms with Gasteiger partial charge in [0.25, 0.3) is 10.1 Å². The summed E-state index contributed by atoms with van der Waals surface area (Å²) in [6, 6.07) is 0. The first-order valence-electron chi connectivity index (χ1n) is 6.51. The molecule has 0 saturated heterocycles. The number of carboxylic acids is 2. The molecule has 0 aromatic carbocycles. The third kappa shape index (κ3) is 22.0. The van der Waals surface area contributed by atoms with Crippen molar-refractivity contribution in [3.8, 4) is 0 Å². The van der Waals surface area contributed by atoms with Crippen LogP contribution in [0, 0.1) is 0 Å². The summed E-state index contributed by atoms with van der Waals surface area (Å²) < 4.78 is 28.5. The van der Waals surface area contributed by atoms with E-state index in [1.165, 1.54) is 0 Å². The Morgan fingerprint density at radius 3 is 1.58 bits per heavy atom. The molecule has 13 heteroatoms. The normalized spacial score (nSPS) is 10.6. The maximum atomic E-state index is 10.4. The van der Waals surface area contributed by atoms with Gasteiger partial charge in [0, 0.05) is 6.42 Å². The topological polar surface area (TPSA) is 218 Å². The van der Waals surface area contributed by atoms with E-state index < -0.39 is 47.0 Å². The predicted molar refractivity (Wildman–Crippen MR) is 80.4 cm³/mol. The zero-order valence-corrected chi connectivity index (χ0v) is 13.6. The van der Waals surface area contributed by atoms with Crippen molar-refractivity contribution in [1.29, 1.82) is 0 Å². The molecule has 0 radical (unpaired) electrons. The van der Waals surface area contributed by atoms with Gasteiger partial charge in [-0.25, -0.2) is 0 Å². The van der Waals surface area contributed by atoms with Crippen LogP contribution in [0.3, 0.4) is 0 Å². The Morgan fingerprint density at radius 1 is 0.833 bits per heavy atom. The minimum atomic E-state index is -3.87. The van der Waals surface area contributed by atoms with E-state index in [1.807, 2.05) is 0 Å². The molecular formula is C11H21N3O9S. The zero-order chi connectivity index (χ0) is 19.3. The second-order valence-corrected chi connectivity index (χ2v) is 6.18. The number of carbonyl (C=O) groups excluding carboxylic acids is 2. The van der Waals surface area contributed by atoms with E-state index in [1.54, 1.807) is 0 Å². The fourth-order valence-electron chi connectivity index (χ4n) is 1.35. The molecule has 0 aromatic heterocycles. The fraction of sp³-hybridized carbons (Fsp3) is 0.636. The standard InChI is InChI=1S/C6H10N2O5.C5H11NO4S/c7-4(9)1-8(2-5(10)11)3-6(12)13;6-5(7)3-1-2-4-11(8,9)10/h1-3H2,(H2,7,9)(H,10,11)(H,12,13);1-4H2,(H2,6,7)(H,8,9,10). The lowest BCUT2D eigenvalue weighted by Crippen LogP contribution is -2.40. The molecule has 12 nitrogen and oxygen atoms in total. The van der Waals surface area contributed by atoms with Crippen molar-refractivity contribution in [3.63, 3.8) is 0 Å². The Morgan fingerprint density at radius 2 is 1.29 bits per heavy atom. The average molecular weight is 371 g/mol. The SMILES string of the molecule is NC(=O)CCCCS(=O)(=O)O.NC(=O)CN(CC(=O)O)CC(=O)O. The van der Waals surface area contributed by atoms with Crippen molar-refractivity contribution in [1.82, 2.24) is 4.90 Å². The molecule has 7 N–H and O–H groups in total. The van der Waals surface area contributed by atoms with Crippen molar-refractivity contribution < 1.29 is 42.4 Å². The lowest BCUT2D eigenvalue weighted by molar-refractivity contribution is -0.142. The van der Waals surface area contributed by atoms with Gasteiger partial charge in [-0.1, -0.05) is 0 Å². The van der Waals surface area contributed by atoms with Crippen LogP contribution < -0.4 is 11.5 Å². The van der Waals surface area contributed by atoms with Gasteiger partial charge in [-0.15, -0.1) is 0 Å². The van der Waals surface area contributed by atoms with Gasteiger partial charge in [-0.3, -0.25) is 28.6 Å². The van der Waals surface area contributed by atoms with Crippen molar-refractivity contribution in [2.24, 2.45) is 11.5 Å². The molecule has 0 heterocycles. The van der Waals surface area contributed by atoms with E-state index in [0.717, 1.165) is 4.90 Å². The molecule has 0 aromatic rings. The van der Waals surface area contributed by atoms with Gasteiger partial charge in [0.15, 0.2) is 0 Å². The molecule has 0 saturated carbocycles. The van der Waals surface area contributed by atoms with Gasteiger partial charge in [0.05, 0.1) is 25.4 Å². The minimum absolute atomic E-state index is 0.162. The molecular weight excluding hydrogens is 350 g/mol. The first kappa shape index (κ1) is 24.0. The number of nitrogens with two attached hydrogens (primary N) is 2. The summed E-state index contributed by atoms with van der Waals surface area (Å²) in [6.07, 6.45) is 0.826. The van der Waals surface area contributed by atoms with Crippen LogP contribution in [-0.2, 0) is 29.3 Å². The van der Waals surface area contributed by atoms with E-state index in [4.69, 9.17) is 26.2 Å². The first-order valence-corrected chi connectivity index (χ1v) is 8.12. The van der Waals surface area contributed by atoms with Crippen LogP contribution in [0.2, 0.25) is 0 Å². The van der Waals surface area contributed by atoms with E-state index >= 15 is 0 Å². The van der Waals surface area contributed by atoms with Crippen molar-refractivity contribution in [2.45, 2.75) is 19.3 Å². The highest BCUT2D eigenvalue weighted by atomic mass is 32.2. The van der Waals surface area contributed by atoms with E-state index in [9.17, 15) is 27.6 Å². The molecule has 0 unspecified atom stereocenters. The molecule has 0 spiro atoms. The molecule has 0 atom stereocenters. The van der Waals surface area contributed by atoms with Crippen LogP contribution in [0.25, 0.3) is 0 Å². The third-order valence-electron chi connectivity index (χ3n) is 2.17. The molecule has 0 aliphatic heterocycles. The Labute approximate surface area is 138 Å². The van der Waals surface area contributed by atoms with Gasteiger partial charge < -0.3 is 21.7 Å². The van der Waals surface area contributed by atoms with E-state index in [-0.39, 0.29) is 25.1 Å². The summed E-state index contributed by atoms with van der Waals surface area (Å²) in [5, 5.41) is 16.6. The quantitative estimate of drug-likeness (QED) is 0.189. The van der Waals surface area contributed by atoms with Gasteiger partial charge in [-0.2, -0.15) is 8.42 Å². The summed E-state index contributed by atoms with van der Waals surface area (Å²) in [5.74, 6) is -3.94. The highest BCUT2D eigenvalue weighted by molar-refractivity contribution is 7.85. The highest BCUT2D eigenvalue weighted by Crippen LogP contribution is 1.97. The molecule has 0 aliphatic rings. The maximum Gasteiger partial charge on any atom is 0.317 e. The minimum Gasteiger partial charge on any atom is -0.480 e. The Hall–Kier alpha value is -2.25. The number of amides is 2. The van der Waals surface area contributed by atoms with Gasteiger partial charge in [0.2, 0.25) is 11.8 Å². The van der Waals surface area contributed by atoms with Gasteiger partial charge >= 0.3 is 11.9 Å². The lowest BCUT2D eigenvalue weighted by atomic mass is 10.2. The Kier molecular flexibility index (Phi) is 12.2. The molecule has 2 amide bonds. The second-order valence-electron chi connectivity index (χ2n) is 4.61. The van der Waals surface area contributed by atoms with Crippen LogP contribution in [0.15, 0.2) is 0 Å². The lowest BCUT2D eigenvalue weighted by Gasteiger charge is -2.14. The number of carboxylic acid groups (broad SMARTS) is 2. The molecule has 0 bridgehead atoms. The summed E-state index contributed by atoms with van der Waals surface area (Å²) >= 11 is 0. The van der Waals surface area contributed by atoms with Crippen molar-refractivity contribution in [3.05, 3.63) is 0 Å². The van der Waals surface area contributed by atoms with Crippen LogP contribution >= 0.6 is 0 Å².